The lowest BCUT2D eigenvalue weighted by molar-refractivity contribution is 0.356. The van der Waals surface area contributed by atoms with E-state index in [2.05, 4.69) is 0 Å². The first kappa shape index (κ1) is 18.3. The second-order valence-corrected chi connectivity index (χ2v) is 6.54. The SMILES string of the molecule is CC[C@H](NS(=O)(=O)c1c(F)c(F)c(F)c(F)c1F)c1ccccc1. The van der Waals surface area contributed by atoms with E-state index in [-0.39, 0.29) is 6.42 Å². The highest BCUT2D eigenvalue weighted by Gasteiger charge is 2.34. The Balaban J connectivity index is 2.52. The molecule has 9 heteroatoms. The molecule has 0 spiro atoms. The maximum atomic E-state index is 13.7. The van der Waals surface area contributed by atoms with Crippen LogP contribution in [-0.2, 0) is 10.0 Å². The van der Waals surface area contributed by atoms with Gasteiger partial charge in [0.15, 0.2) is 28.2 Å². The van der Waals surface area contributed by atoms with E-state index in [1.807, 2.05) is 4.72 Å². The fourth-order valence-corrected chi connectivity index (χ4v) is 3.59. The summed E-state index contributed by atoms with van der Waals surface area (Å²) in [5.41, 5.74) is 0.479. The molecule has 130 valence electrons. The number of nitrogens with one attached hydrogen (secondary N) is 1. The fourth-order valence-electron chi connectivity index (χ4n) is 2.14. The Morgan fingerprint density at radius 1 is 0.875 bits per heavy atom. The number of hydrogen-bond donors (Lipinski definition) is 1. The molecule has 1 atom stereocenters. The van der Waals surface area contributed by atoms with E-state index in [4.69, 9.17) is 0 Å². The molecule has 0 saturated carbocycles. The minimum absolute atomic E-state index is 0.193. The monoisotopic (exact) mass is 365 g/mol. The zero-order valence-electron chi connectivity index (χ0n) is 12.3. The lowest BCUT2D eigenvalue weighted by atomic mass is 10.1. The molecule has 0 aliphatic heterocycles. The zero-order valence-corrected chi connectivity index (χ0v) is 13.1. The second-order valence-electron chi connectivity index (χ2n) is 4.89. The Labute approximate surface area is 135 Å². The molecule has 0 unspecified atom stereocenters. The molecule has 1 N–H and O–H groups in total. The summed E-state index contributed by atoms with van der Waals surface area (Å²) in [5.74, 6) is -11.9. The van der Waals surface area contributed by atoms with E-state index in [9.17, 15) is 30.4 Å². The smallest absolute Gasteiger partial charge is 0.207 e. The van der Waals surface area contributed by atoms with E-state index in [1.165, 1.54) is 0 Å². The van der Waals surface area contributed by atoms with Crippen LogP contribution in [0, 0.1) is 29.1 Å². The van der Waals surface area contributed by atoms with Gasteiger partial charge >= 0.3 is 0 Å². The van der Waals surface area contributed by atoms with Gasteiger partial charge in [-0.05, 0) is 12.0 Å². The lowest BCUT2D eigenvalue weighted by Gasteiger charge is -2.18. The van der Waals surface area contributed by atoms with Gasteiger partial charge < -0.3 is 0 Å². The zero-order chi connectivity index (χ0) is 18.1. The lowest BCUT2D eigenvalue weighted by Crippen LogP contribution is -2.30. The van der Waals surface area contributed by atoms with Crippen LogP contribution in [0.15, 0.2) is 35.2 Å². The van der Waals surface area contributed by atoms with Gasteiger partial charge in [-0.1, -0.05) is 37.3 Å². The molecule has 24 heavy (non-hydrogen) atoms. The van der Waals surface area contributed by atoms with Crippen molar-refractivity contribution in [2.24, 2.45) is 0 Å². The molecule has 3 nitrogen and oxygen atoms in total. The van der Waals surface area contributed by atoms with Crippen LogP contribution in [0.25, 0.3) is 0 Å². The first-order valence-corrected chi connectivity index (χ1v) is 8.27. The Morgan fingerprint density at radius 3 is 1.79 bits per heavy atom. The van der Waals surface area contributed by atoms with Crippen molar-refractivity contribution in [3.05, 3.63) is 65.0 Å². The highest BCUT2D eigenvalue weighted by molar-refractivity contribution is 7.89. The van der Waals surface area contributed by atoms with Crippen LogP contribution in [0.5, 0.6) is 0 Å². The normalized spacial score (nSPS) is 13.1. The van der Waals surface area contributed by atoms with Crippen LogP contribution in [0.3, 0.4) is 0 Å². The van der Waals surface area contributed by atoms with Crippen molar-refractivity contribution in [2.75, 3.05) is 0 Å². The number of hydrogen-bond acceptors (Lipinski definition) is 2. The third-order valence-corrected chi connectivity index (χ3v) is 4.84. The van der Waals surface area contributed by atoms with Crippen molar-refractivity contribution in [1.82, 2.24) is 4.72 Å². The number of halogens is 5. The highest BCUT2D eigenvalue weighted by Crippen LogP contribution is 2.28. The van der Waals surface area contributed by atoms with Crippen LogP contribution in [0.4, 0.5) is 22.0 Å². The molecular formula is C15H12F5NO2S. The molecule has 0 amide bonds. The van der Waals surface area contributed by atoms with Crippen LogP contribution in [0.2, 0.25) is 0 Å². The van der Waals surface area contributed by atoms with Gasteiger partial charge in [-0.2, -0.15) is 0 Å². The predicted octanol–water partition coefficient (Wildman–Crippen LogP) is 3.81. The summed E-state index contributed by atoms with van der Waals surface area (Å²) in [4.78, 5) is -1.90. The first-order chi connectivity index (χ1) is 11.2. The van der Waals surface area contributed by atoms with Crippen LogP contribution in [0.1, 0.15) is 24.9 Å². The Morgan fingerprint density at radius 2 is 1.33 bits per heavy atom. The van der Waals surface area contributed by atoms with Crippen molar-refractivity contribution in [2.45, 2.75) is 24.3 Å². The number of benzene rings is 2. The number of sulfonamides is 1. The van der Waals surface area contributed by atoms with Gasteiger partial charge in [0.05, 0.1) is 0 Å². The van der Waals surface area contributed by atoms with Crippen molar-refractivity contribution < 1.29 is 30.4 Å². The largest absolute Gasteiger partial charge is 0.247 e. The van der Waals surface area contributed by atoms with Gasteiger partial charge in [0.2, 0.25) is 15.8 Å². The average Bonchev–Trinajstić information content (AvgIpc) is 2.57. The highest BCUT2D eigenvalue weighted by atomic mass is 32.2. The quantitative estimate of drug-likeness (QED) is 0.498. The van der Waals surface area contributed by atoms with Crippen molar-refractivity contribution in [1.29, 1.82) is 0 Å². The second kappa shape index (κ2) is 6.86. The van der Waals surface area contributed by atoms with Gasteiger partial charge in [-0.25, -0.2) is 35.1 Å². The maximum Gasteiger partial charge on any atom is 0.247 e. The van der Waals surface area contributed by atoms with Crippen molar-refractivity contribution in [3.63, 3.8) is 0 Å². The topological polar surface area (TPSA) is 46.2 Å². The summed E-state index contributed by atoms with van der Waals surface area (Å²) in [6.45, 7) is 1.60. The molecule has 0 saturated heterocycles. The molecular weight excluding hydrogens is 353 g/mol. The third kappa shape index (κ3) is 3.27. The van der Waals surface area contributed by atoms with Crippen molar-refractivity contribution in [3.8, 4) is 0 Å². The van der Waals surface area contributed by atoms with Gasteiger partial charge in [-0.15, -0.1) is 0 Å². The van der Waals surface area contributed by atoms with E-state index in [0.717, 1.165) is 0 Å². The van der Waals surface area contributed by atoms with Gasteiger partial charge in [0, 0.05) is 6.04 Å². The standard InChI is InChI=1S/C15H12F5NO2S/c1-2-9(8-6-4-3-5-7-8)21-24(22,23)15-13(19)11(17)10(16)12(18)14(15)20/h3-7,9,21H,2H2,1H3/t9-/m0/s1. The molecule has 0 fully saturated rings. The van der Waals surface area contributed by atoms with Gasteiger partial charge in [-0.3, -0.25) is 0 Å². The predicted molar refractivity (Wildman–Crippen MR) is 76.0 cm³/mol. The average molecular weight is 365 g/mol. The van der Waals surface area contributed by atoms with Crippen LogP contribution >= 0.6 is 0 Å². The van der Waals surface area contributed by atoms with E-state index < -0.39 is 50.0 Å². The minimum Gasteiger partial charge on any atom is -0.207 e. The summed E-state index contributed by atoms with van der Waals surface area (Å²) < 4.78 is 93.2. The third-order valence-electron chi connectivity index (χ3n) is 3.35. The molecule has 0 aliphatic rings. The minimum atomic E-state index is -4.99. The maximum absolute atomic E-state index is 13.7. The molecule has 0 aliphatic carbocycles. The molecule has 2 aromatic rings. The number of rotatable bonds is 5. The molecule has 0 heterocycles. The fraction of sp³-hybridized carbons (Fsp3) is 0.200. The van der Waals surface area contributed by atoms with Crippen LogP contribution in [-0.4, -0.2) is 8.42 Å². The van der Waals surface area contributed by atoms with Gasteiger partial charge in [0.25, 0.3) is 0 Å². The molecule has 2 rings (SSSR count). The summed E-state index contributed by atoms with van der Waals surface area (Å²) in [5, 5.41) is 0. The molecule has 0 bridgehead atoms. The Kier molecular flexibility index (Phi) is 5.24. The molecule has 2 aromatic carbocycles. The van der Waals surface area contributed by atoms with E-state index in [1.54, 1.807) is 37.3 Å². The van der Waals surface area contributed by atoms with E-state index >= 15 is 0 Å². The van der Waals surface area contributed by atoms with E-state index in [0.29, 0.717) is 5.56 Å². The summed E-state index contributed by atoms with van der Waals surface area (Å²) >= 11 is 0. The molecule has 0 radical (unpaired) electrons. The Hall–Kier alpha value is -2.00. The Bertz CT molecular complexity index is 827. The summed E-state index contributed by atoms with van der Waals surface area (Å²) in [6, 6.07) is 7.14. The first-order valence-electron chi connectivity index (χ1n) is 6.79. The van der Waals surface area contributed by atoms with Crippen LogP contribution < -0.4 is 4.72 Å². The van der Waals surface area contributed by atoms with Crippen molar-refractivity contribution >= 4 is 10.0 Å². The van der Waals surface area contributed by atoms with Gasteiger partial charge in [0.1, 0.15) is 0 Å². The molecule has 0 aromatic heterocycles. The summed E-state index contributed by atoms with van der Waals surface area (Å²) in [6.07, 6.45) is 0.193. The summed E-state index contributed by atoms with van der Waals surface area (Å²) in [7, 11) is -4.99.